The van der Waals surface area contributed by atoms with Crippen molar-refractivity contribution in [2.24, 2.45) is 0 Å². The van der Waals surface area contributed by atoms with Crippen LogP contribution in [-0.2, 0) is 10.8 Å². The van der Waals surface area contributed by atoms with E-state index in [1.54, 1.807) is 0 Å². The highest BCUT2D eigenvalue weighted by molar-refractivity contribution is 6.10. The number of furan rings is 1. The summed E-state index contributed by atoms with van der Waals surface area (Å²) in [4.78, 5) is 2.36. The van der Waals surface area contributed by atoms with Crippen LogP contribution in [0, 0.1) is 0 Å². The summed E-state index contributed by atoms with van der Waals surface area (Å²) in [5, 5.41) is 4.91. The molecule has 230 valence electrons. The SMILES string of the molecule is CC1(C)c2cc(N(c3ccccc3)c3cccc4c3oc3ccccc34)ccc2-c2cc3c(cc21)-c1c(ccc2ccccc12)C3(C)C. The molecule has 0 aliphatic heterocycles. The van der Waals surface area contributed by atoms with Crippen LogP contribution in [0.1, 0.15) is 49.9 Å². The third kappa shape index (κ3) is 3.58. The Balaban J connectivity index is 1.17. The van der Waals surface area contributed by atoms with E-state index in [-0.39, 0.29) is 10.8 Å². The number of hydrogen-bond donors (Lipinski definition) is 0. The summed E-state index contributed by atoms with van der Waals surface area (Å²) in [6, 6.07) is 51.1. The summed E-state index contributed by atoms with van der Waals surface area (Å²) < 4.78 is 6.57. The number of rotatable bonds is 3. The molecule has 0 bridgehead atoms. The molecule has 1 aromatic heterocycles. The standard InChI is InChI=1S/C46H35NO/c1-45(2)37-24-21-28-13-8-9-16-31(28)43(37)36-27-39-35(26-40(36)45)32-23-22-30(25-38(32)46(39,3)4)47(29-14-6-5-7-15-29)41-19-12-18-34-33-17-10-11-20-42(33)48-44(34)41/h5-27H,1-4H3. The number of fused-ring (bicyclic) bond motifs is 11. The first kappa shape index (κ1) is 27.5. The van der Waals surface area contributed by atoms with Crippen LogP contribution in [-0.4, -0.2) is 0 Å². The van der Waals surface area contributed by atoms with Gasteiger partial charge in [0, 0.05) is 33.0 Å². The normalized spacial score (nSPS) is 15.0. The maximum absolute atomic E-state index is 6.57. The Bertz CT molecular complexity index is 2620. The summed E-state index contributed by atoms with van der Waals surface area (Å²) in [6.07, 6.45) is 0. The molecule has 0 fully saturated rings. The third-order valence-corrected chi connectivity index (χ3v) is 11.2. The Morgan fingerprint density at radius 2 is 1.12 bits per heavy atom. The maximum Gasteiger partial charge on any atom is 0.159 e. The molecule has 2 aliphatic rings. The zero-order valence-electron chi connectivity index (χ0n) is 27.6. The highest BCUT2D eigenvalue weighted by Gasteiger charge is 2.42. The van der Waals surface area contributed by atoms with Gasteiger partial charge in [0.05, 0.1) is 5.69 Å². The Labute approximate surface area is 280 Å². The van der Waals surface area contributed by atoms with Gasteiger partial charge in [-0.2, -0.15) is 0 Å². The molecule has 0 N–H and O–H groups in total. The molecule has 0 saturated heterocycles. The van der Waals surface area contributed by atoms with Crippen molar-refractivity contribution in [1.29, 1.82) is 0 Å². The molecule has 48 heavy (non-hydrogen) atoms. The average Bonchev–Trinajstić information content (AvgIpc) is 3.68. The van der Waals surface area contributed by atoms with Gasteiger partial charge in [0.1, 0.15) is 5.58 Å². The molecule has 0 radical (unpaired) electrons. The van der Waals surface area contributed by atoms with Crippen LogP contribution in [0.5, 0.6) is 0 Å². The molecule has 10 rings (SSSR count). The van der Waals surface area contributed by atoms with Gasteiger partial charge in [0.25, 0.3) is 0 Å². The molecule has 1 heterocycles. The van der Waals surface area contributed by atoms with Gasteiger partial charge in [-0.1, -0.05) is 119 Å². The molecule has 2 aliphatic carbocycles. The van der Waals surface area contributed by atoms with Crippen molar-refractivity contribution in [1.82, 2.24) is 0 Å². The molecular formula is C46H35NO. The largest absolute Gasteiger partial charge is 0.454 e. The molecule has 2 heteroatoms. The minimum absolute atomic E-state index is 0.0774. The van der Waals surface area contributed by atoms with Gasteiger partial charge in [0.15, 0.2) is 5.58 Å². The predicted octanol–water partition coefficient (Wildman–Crippen LogP) is 12.8. The highest BCUT2D eigenvalue weighted by Crippen LogP contribution is 2.58. The summed E-state index contributed by atoms with van der Waals surface area (Å²) in [6.45, 7) is 9.56. The van der Waals surface area contributed by atoms with Gasteiger partial charge in [0.2, 0.25) is 0 Å². The second kappa shape index (κ2) is 9.49. The van der Waals surface area contributed by atoms with Crippen LogP contribution in [0.4, 0.5) is 17.1 Å². The Kier molecular flexibility index (Phi) is 5.44. The third-order valence-electron chi connectivity index (χ3n) is 11.2. The van der Waals surface area contributed by atoms with Gasteiger partial charge in [-0.15, -0.1) is 0 Å². The van der Waals surface area contributed by atoms with E-state index in [0.717, 1.165) is 39.0 Å². The summed E-state index contributed by atoms with van der Waals surface area (Å²) >= 11 is 0. The number of para-hydroxylation sites is 3. The van der Waals surface area contributed by atoms with Crippen LogP contribution in [0.2, 0.25) is 0 Å². The fourth-order valence-corrected chi connectivity index (χ4v) is 8.77. The lowest BCUT2D eigenvalue weighted by atomic mass is 9.79. The maximum atomic E-state index is 6.57. The number of nitrogens with zero attached hydrogens (tertiary/aromatic N) is 1. The molecule has 0 amide bonds. The van der Waals surface area contributed by atoms with Gasteiger partial charge in [-0.25, -0.2) is 0 Å². The molecule has 0 saturated carbocycles. The van der Waals surface area contributed by atoms with Crippen molar-refractivity contribution >= 4 is 49.8 Å². The van der Waals surface area contributed by atoms with Crippen molar-refractivity contribution in [3.05, 3.63) is 162 Å². The van der Waals surface area contributed by atoms with Crippen LogP contribution in [0.15, 0.2) is 144 Å². The van der Waals surface area contributed by atoms with E-state index in [4.69, 9.17) is 4.42 Å². The minimum atomic E-state index is -0.180. The summed E-state index contributed by atoms with van der Waals surface area (Å²) in [7, 11) is 0. The lowest BCUT2D eigenvalue weighted by Crippen LogP contribution is -2.17. The van der Waals surface area contributed by atoms with Gasteiger partial charge >= 0.3 is 0 Å². The fraction of sp³-hybridized carbons (Fsp3) is 0.130. The van der Waals surface area contributed by atoms with E-state index >= 15 is 0 Å². The van der Waals surface area contributed by atoms with Gasteiger partial charge in [-0.3, -0.25) is 0 Å². The van der Waals surface area contributed by atoms with E-state index in [2.05, 4.69) is 166 Å². The lowest BCUT2D eigenvalue weighted by molar-refractivity contribution is 0.652. The molecule has 0 atom stereocenters. The topological polar surface area (TPSA) is 16.4 Å². The highest BCUT2D eigenvalue weighted by atomic mass is 16.3. The van der Waals surface area contributed by atoms with Crippen LogP contribution < -0.4 is 4.90 Å². The van der Waals surface area contributed by atoms with Crippen LogP contribution in [0.3, 0.4) is 0 Å². The first-order valence-corrected chi connectivity index (χ1v) is 16.9. The summed E-state index contributed by atoms with van der Waals surface area (Å²) in [5.74, 6) is 0. The van der Waals surface area contributed by atoms with Crippen molar-refractivity contribution in [2.75, 3.05) is 4.90 Å². The van der Waals surface area contributed by atoms with Crippen molar-refractivity contribution in [3.63, 3.8) is 0 Å². The zero-order chi connectivity index (χ0) is 32.4. The van der Waals surface area contributed by atoms with Crippen LogP contribution in [0.25, 0.3) is 55.0 Å². The second-order valence-corrected chi connectivity index (χ2v) is 14.6. The van der Waals surface area contributed by atoms with Crippen molar-refractivity contribution < 1.29 is 4.42 Å². The number of hydrogen-bond acceptors (Lipinski definition) is 2. The monoisotopic (exact) mass is 617 g/mol. The molecule has 2 nitrogen and oxygen atoms in total. The van der Waals surface area contributed by atoms with E-state index in [1.807, 2.05) is 6.07 Å². The molecule has 0 unspecified atom stereocenters. The average molecular weight is 618 g/mol. The molecule has 7 aromatic carbocycles. The first-order valence-electron chi connectivity index (χ1n) is 16.9. The zero-order valence-corrected chi connectivity index (χ0v) is 27.6. The molecule has 0 spiro atoms. The Morgan fingerprint density at radius 1 is 0.458 bits per heavy atom. The van der Waals surface area contributed by atoms with E-state index in [0.29, 0.717) is 0 Å². The van der Waals surface area contributed by atoms with E-state index < -0.39 is 0 Å². The molecule has 8 aromatic rings. The second-order valence-electron chi connectivity index (χ2n) is 14.6. The smallest absolute Gasteiger partial charge is 0.159 e. The Morgan fingerprint density at radius 3 is 1.98 bits per heavy atom. The number of benzene rings is 7. The Hall–Kier alpha value is -5.60. The summed E-state index contributed by atoms with van der Waals surface area (Å²) in [5.41, 5.74) is 15.9. The van der Waals surface area contributed by atoms with E-state index in [1.165, 1.54) is 55.3 Å². The quantitative estimate of drug-likeness (QED) is 0.196. The predicted molar refractivity (Wildman–Crippen MR) is 201 cm³/mol. The fourth-order valence-electron chi connectivity index (χ4n) is 8.77. The van der Waals surface area contributed by atoms with E-state index in [9.17, 15) is 0 Å². The minimum Gasteiger partial charge on any atom is -0.454 e. The van der Waals surface area contributed by atoms with Gasteiger partial charge < -0.3 is 9.32 Å². The lowest BCUT2D eigenvalue weighted by Gasteiger charge is -2.28. The number of anilines is 3. The van der Waals surface area contributed by atoms with Gasteiger partial charge in [-0.05, 0) is 104 Å². The van der Waals surface area contributed by atoms with Crippen molar-refractivity contribution in [3.8, 4) is 22.3 Å². The first-order chi connectivity index (χ1) is 23.3. The van der Waals surface area contributed by atoms with Crippen molar-refractivity contribution in [2.45, 2.75) is 38.5 Å². The molecular weight excluding hydrogens is 583 g/mol. The van der Waals surface area contributed by atoms with Crippen LogP contribution >= 0.6 is 0 Å².